The Hall–Kier alpha value is -4.27. The number of methoxy groups -OCH3 is 2. The highest BCUT2D eigenvalue weighted by Gasteiger charge is 2.23. The van der Waals surface area contributed by atoms with Crippen molar-refractivity contribution in [2.75, 3.05) is 20.8 Å². The Morgan fingerprint density at radius 1 is 0.974 bits per heavy atom. The minimum Gasteiger partial charge on any atom is -0.503 e. The average Bonchev–Trinajstić information content (AvgIpc) is 2.97. The average molecular weight is 551 g/mol. The first-order valence-electron chi connectivity index (χ1n) is 12.1. The zero-order valence-electron chi connectivity index (χ0n) is 22.3. The Bertz CT molecular complexity index is 1350. The van der Waals surface area contributed by atoms with E-state index in [-0.39, 0.29) is 11.3 Å². The molecule has 39 heavy (non-hydrogen) atoms. The van der Waals surface area contributed by atoms with E-state index in [1.54, 1.807) is 31.2 Å². The molecule has 0 fully saturated rings. The van der Waals surface area contributed by atoms with Crippen LogP contribution in [0.1, 0.15) is 36.1 Å². The Balaban J connectivity index is 1.99. The van der Waals surface area contributed by atoms with Crippen molar-refractivity contribution in [1.29, 1.82) is 0 Å². The van der Waals surface area contributed by atoms with Gasteiger partial charge in [-0.2, -0.15) is 5.90 Å². The van der Waals surface area contributed by atoms with Crippen molar-refractivity contribution >= 4 is 34.6 Å². The van der Waals surface area contributed by atoms with Crippen LogP contribution in [0.3, 0.4) is 0 Å². The number of ether oxygens (including phenoxy) is 3. The van der Waals surface area contributed by atoms with Crippen LogP contribution >= 0.6 is 11.6 Å². The molecule has 3 rings (SSSR count). The van der Waals surface area contributed by atoms with Gasteiger partial charge in [-0.25, -0.2) is 4.79 Å². The summed E-state index contributed by atoms with van der Waals surface area (Å²) in [6.07, 6.45) is 1.31. The molecule has 2 N–H and O–H groups in total. The van der Waals surface area contributed by atoms with Crippen molar-refractivity contribution in [2.45, 2.75) is 20.5 Å². The van der Waals surface area contributed by atoms with Gasteiger partial charge >= 0.3 is 5.97 Å². The molecule has 3 aromatic carbocycles. The second-order valence-electron chi connectivity index (χ2n) is 8.17. The number of hydrogen-bond donors (Lipinski definition) is 1. The van der Waals surface area contributed by atoms with Crippen molar-refractivity contribution < 1.29 is 28.7 Å². The minimum absolute atomic E-state index is 0.198. The molecule has 0 unspecified atom stereocenters. The maximum absolute atomic E-state index is 12.5. The molecule has 0 aliphatic rings. The maximum atomic E-state index is 12.5. The van der Waals surface area contributed by atoms with Gasteiger partial charge in [-0.15, -0.1) is 0 Å². The van der Waals surface area contributed by atoms with Gasteiger partial charge < -0.3 is 23.9 Å². The van der Waals surface area contributed by atoms with Gasteiger partial charge in [-0.05, 0) is 55.8 Å². The van der Waals surface area contributed by atoms with Gasteiger partial charge in [-0.1, -0.05) is 53.2 Å². The van der Waals surface area contributed by atoms with Gasteiger partial charge in [0.25, 0.3) is 0 Å². The number of rotatable bonds is 12. The van der Waals surface area contributed by atoms with Crippen molar-refractivity contribution in [3.05, 3.63) is 112 Å². The predicted octanol–water partition coefficient (Wildman–Crippen LogP) is 6.14. The van der Waals surface area contributed by atoms with Gasteiger partial charge in [0.1, 0.15) is 30.2 Å². The number of oxime groups is 1. The standard InChI is InChI=1S/C30H31ClN2O6/c1-5-38-33-28(22-12-16-24(17-13-22)37-18-21-10-14-23(31)15-11-21)20(2)29(39-32)26-9-7-6-8-25(26)27(19-35-3)30(34)36-4/h6-17,19H,5,18,32H2,1-4H3. The molecule has 8 nitrogen and oxygen atoms in total. The molecule has 0 atom stereocenters. The van der Waals surface area contributed by atoms with E-state index in [9.17, 15) is 4.79 Å². The van der Waals surface area contributed by atoms with Crippen LogP contribution in [-0.4, -0.2) is 32.5 Å². The molecule has 204 valence electrons. The lowest BCUT2D eigenvalue weighted by molar-refractivity contribution is -0.133. The Kier molecular flexibility index (Phi) is 11.0. The lowest BCUT2D eigenvalue weighted by Crippen LogP contribution is -2.13. The molecule has 3 aromatic rings. The summed E-state index contributed by atoms with van der Waals surface area (Å²) >= 11 is 5.96. The van der Waals surface area contributed by atoms with Crippen LogP contribution in [0.15, 0.2) is 89.8 Å². The van der Waals surface area contributed by atoms with Crippen LogP contribution in [0, 0.1) is 0 Å². The molecule has 0 heterocycles. The van der Waals surface area contributed by atoms with E-state index in [4.69, 9.17) is 41.4 Å². The lowest BCUT2D eigenvalue weighted by Gasteiger charge is -2.17. The van der Waals surface area contributed by atoms with Crippen LogP contribution < -0.4 is 10.6 Å². The van der Waals surface area contributed by atoms with Gasteiger partial charge in [0.15, 0.2) is 5.76 Å². The number of benzene rings is 3. The number of nitrogens with two attached hydrogens (primary N) is 1. The Morgan fingerprint density at radius 2 is 1.64 bits per heavy atom. The normalized spacial score (nSPS) is 12.4. The summed E-state index contributed by atoms with van der Waals surface area (Å²) in [7, 11) is 2.74. The summed E-state index contributed by atoms with van der Waals surface area (Å²) in [6.45, 7) is 4.40. The second-order valence-corrected chi connectivity index (χ2v) is 8.61. The van der Waals surface area contributed by atoms with Crippen molar-refractivity contribution in [2.24, 2.45) is 11.1 Å². The predicted molar refractivity (Wildman–Crippen MR) is 152 cm³/mol. The summed E-state index contributed by atoms with van der Waals surface area (Å²) in [5.41, 5.74) is 4.06. The number of nitrogens with zero attached hydrogens (tertiary/aromatic N) is 1. The van der Waals surface area contributed by atoms with Crippen molar-refractivity contribution in [3.8, 4) is 5.75 Å². The summed E-state index contributed by atoms with van der Waals surface area (Å²) < 4.78 is 16.0. The van der Waals surface area contributed by atoms with E-state index < -0.39 is 5.97 Å². The molecular weight excluding hydrogens is 520 g/mol. The maximum Gasteiger partial charge on any atom is 0.341 e. The second kappa shape index (κ2) is 14.6. The van der Waals surface area contributed by atoms with Gasteiger partial charge in [0, 0.05) is 27.3 Å². The third-order valence-electron chi connectivity index (χ3n) is 5.65. The molecule has 0 saturated carbocycles. The van der Waals surface area contributed by atoms with Crippen LogP contribution in [0.4, 0.5) is 0 Å². The zero-order chi connectivity index (χ0) is 28.2. The number of allylic oxidation sites excluding steroid dienone is 1. The van der Waals surface area contributed by atoms with Crippen molar-refractivity contribution in [1.82, 2.24) is 0 Å². The SMILES string of the molecule is CCON=C(C(C)=C(ON)c1ccccc1C(=COC)C(=O)OC)c1ccc(OCc2ccc(Cl)cc2)cc1. The van der Waals surface area contributed by atoms with Crippen molar-refractivity contribution in [3.63, 3.8) is 0 Å². The fourth-order valence-corrected chi connectivity index (χ4v) is 3.88. The number of carbonyl (C=O) groups is 1. The number of hydrogen-bond acceptors (Lipinski definition) is 8. The highest BCUT2D eigenvalue weighted by Crippen LogP contribution is 2.30. The lowest BCUT2D eigenvalue weighted by atomic mass is 9.94. The molecule has 0 spiro atoms. The molecule has 0 aliphatic carbocycles. The fraction of sp³-hybridized carbons (Fsp3) is 0.200. The minimum atomic E-state index is -0.573. The first-order chi connectivity index (χ1) is 18.9. The van der Waals surface area contributed by atoms with E-state index in [0.717, 1.165) is 11.1 Å². The zero-order valence-corrected chi connectivity index (χ0v) is 23.0. The first-order valence-corrected chi connectivity index (χ1v) is 12.5. The van der Waals surface area contributed by atoms with Crippen LogP contribution in [0.5, 0.6) is 5.75 Å². The summed E-state index contributed by atoms with van der Waals surface area (Å²) in [6, 6.07) is 22.0. The summed E-state index contributed by atoms with van der Waals surface area (Å²) in [4.78, 5) is 23.3. The van der Waals surface area contributed by atoms with Crippen LogP contribution in [0.2, 0.25) is 5.02 Å². The molecule has 9 heteroatoms. The van der Waals surface area contributed by atoms with Gasteiger partial charge in [0.05, 0.1) is 20.5 Å². The fourth-order valence-electron chi connectivity index (χ4n) is 3.75. The molecular formula is C30H31ClN2O6. The molecule has 0 aliphatic heterocycles. The topological polar surface area (TPSA) is 102 Å². The third-order valence-corrected chi connectivity index (χ3v) is 5.90. The molecule has 0 amide bonds. The van der Waals surface area contributed by atoms with E-state index >= 15 is 0 Å². The quantitative estimate of drug-likeness (QED) is 0.0949. The Labute approximate surface area is 233 Å². The van der Waals surface area contributed by atoms with Gasteiger partial charge in [-0.3, -0.25) is 0 Å². The van der Waals surface area contributed by atoms with E-state index in [1.807, 2.05) is 55.5 Å². The first kappa shape index (κ1) is 29.3. The Morgan fingerprint density at radius 3 is 2.23 bits per heavy atom. The van der Waals surface area contributed by atoms with E-state index in [0.29, 0.717) is 46.4 Å². The monoisotopic (exact) mass is 550 g/mol. The van der Waals surface area contributed by atoms with Crippen LogP contribution in [-0.2, 0) is 30.6 Å². The summed E-state index contributed by atoms with van der Waals surface area (Å²) in [5.74, 6) is 6.18. The molecule has 0 aromatic heterocycles. The highest BCUT2D eigenvalue weighted by molar-refractivity contribution is 6.30. The van der Waals surface area contributed by atoms with Gasteiger partial charge in [0.2, 0.25) is 0 Å². The third kappa shape index (κ3) is 7.63. The van der Waals surface area contributed by atoms with E-state index in [2.05, 4.69) is 5.16 Å². The van der Waals surface area contributed by atoms with E-state index in [1.165, 1.54) is 20.5 Å². The highest BCUT2D eigenvalue weighted by atomic mass is 35.5. The molecule has 0 bridgehead atoms. The van der Waals surface area contributed by atoms with Crippen LogP contribution in [0.25, 0.3) is 11.3 Å². The smallest absolute Gasteiger partial charge is 0.341 e. The molecule has 0 radical (unpaired) electrons. The number of carbonyl (C=O) groups excluding carboxylic acids is 1. The molecule has 0 saturated heterocycles. The largest absolute Gasteiger partial charge is 0.503 e. The number of esters is 1. The summed E-state index contributed by atoms with van der Waals surface area (Å²) in [5, 5.41) is 5.01. The number of halogens is 1.